The number of rotatable bonds is 0. The molecular formula is C8H8O3. The van der Waals surface area contributed by atoms with Gasteiger partial charge in [0.2, 0.25) is 12.5 Å². The van der Waals surface area contributed by atoms with Gasteiger partial charge in [0.15, 0.2) is 11.5 Å². The molecule has 3 nitrogen and oxygen atoms in total. The van der Waals surface area contributed by atoms with Gasteiger partial charge in [-0.15, -0.1) is 0 Å². The molecule has 1 aliphatic heterocycles. The summed E-state index contributed by atoms with van der Waals surface area (Å²) in [5.41, 5.74) is 0.982. The van der Waals surface area contributed by atoms with Crippen molar-refractivity contribution >= 4 is 0 Å². The second-order valence-corrected chi connectivity index (χ2v) is 2.47. The molecule has 0 unspecified atom stereocenters. The molecule has 0 saturated heterocycles. The molecule has 2 rings (SSSR count). The van der Waals surface area contributed by atoms with Crippen molar-refractivity contribution < 1.29 is 14.6 Å². The second-order valence-electron chi connectivity index (χ2n) is 2.47. The maximum atomic E-state index is 9.25. The molecule has 0 atom stereocenters. The Morgan fingerprint density at radius 1 is 1.27 bits per heavy atom. The monoisotopic (exact) mass is 152 g/mol. The van der Waals surface area contributed by atoms with E-state index in [2.05, 4.69) is 0 Å². The van der Waals surface area contributed by atoms with E-state index in [1.807, 2.05) is 6.92 Å². The fraction of sp³-hybridized carbons (Fsp3) is 0.250. The third-order valence-electron chi connectivity index (χ3n) is 1.69. The van der Waals surface area contributed by atoms with Gasteiger partial charge < -0.3 is 14.6 Å². The topological polar surface area (TPSA) is 38.7 Å². The summed E-state index contributed by atoms with van der Waals surface area (Å²) in [6, 6.07) is 3.39. The van der Waals surface area contributed by atoms with Crippen molar-refractivity contribution in [2.45, 2.75) is 6.92 Å². The van der Waals surface area contributed by atoms with Gasteiger partial charge in [0.25, 0.3) is 0 Å². The zero-order valence-corrected chi connectivity index (χ0v) is 6.13. The first-order valence-corrected chi connectivity index (χ1v) is 3.37. The Morgan fingerprint density at radius 2 is 2.00 bits per heavy atom. The first-order valence-electron chi connectivity index (χ1n) is 3.37. The molecule has 0 spiro atoms. The zero-order valence-electron chi connectivity index (χ0n) is 6.13. The lowest BCUT2D eigenvalue weighted by Gasteiger charge is -2.00. The standard InChI is InChI=1S/C8H8O3/c1-5-2-3-6(9)8-7(5)10-4-11-8/h2-3,9H,4H2,1H3. The van der Waals surface area contributed by atoms with Crippen LogP contribution in [0.15, 0.2) is 12.1 Å². The Morgan fingerprint density at radius 3 is 2.73 bits per heavy atom. The van der Waals surface area contributed by atoms with E-state index >= 15 is 0 Å². The SMILES string of the molecule is Cc1ccc(O)c2c1OCO2. The molecule has 1 aromatic rings. The van der Waals surface area contributed by atoms with Crippen LogP contribution in [0.25, 0.3) is 0 Å². The molecule has 1 N–H and O–H groups in total. The number of hydrogen-bond acceptors (Lipinski definition) is 3. The van der Waals surface area contributed by atoms with Gasteiger partial charge in [0.1, 0.15) is 0 Å². The average Bonchev–Trinajstić information content (AvgIpc) is 2.45. The molecule has 0 saturated carbocycles. The summed E-state index contributed by atoms with van der Waals surface area (Å²) in [6.45, 7) is 2.11. The van der Waals surface area contributed by atoms with Gasteiger partial charge in [-0.05, 0) is 18.6 Å². The summed E-state index contributed by atoms with van der Waals surface area (Å²) in [4.78, 5) is 0. The van der Waals surface area contributed by atoms with Crippen molar-refractivity contribution in [1.82, 2.24) is 0 Å². The summed E-state index contributed by atoms with van der Waals surface area (Å²) in [6.07, 6.45) is 0. The number of phenolic OH excluding ortho intramolecular Hbond substituents is 1. The van der Waals surface area contributed by atoms with E-state index in [0.29, 0.717) is 11.5 Å². The van der Waals surface area contributed by atoms with Crippen LogP contribution in [0.2, 0.25) is 0 Å². The van der Waals surface area contributed by atoms with Crippen molar-refractivity contribution in [3.8, 4) is 17.2 Å². The van der Waals surface area contributed by atoms with Gasteiger partial charge in [-0.1, -0.05) is 6.07 Å². The van der Waals surface area contributed by atoms with Gasteiger partial charge in [-0.2, -0.15) is 0 Å². The van der Waals surface area contributed by atoms with Crippen LogP contribution in [0.3, 0.4) is 0 Å². The minimum absolute atomic E-state index is 0.142. The molecule has 0 radical (unpaired) electrons. The third kappa shape index (κ3) is 0.808. The molecule has 0 aliphatic carbocycles. The molecule has 58 valence electrons. The Kier molecular flexibility index (Phi) is 1.18. The number of phenols is 1. The van der Waals surface area contributed by atoms with E-state index in [-0.39, 0.29) is 12.5 Å². The molecular weight excluding hydrogens is 144 g/mol. The Labute approximate surface area is 64.2 Å². The maximum Gasteiger partial charge on any atom is 0.231 e. The molecule has 0 fully saturated rings. The first-order chi connectivity index (χ1) is 5.29. The Balaban J connectivity index is 2.64. The maximum absolute atomic E-state index is 9.25. The highest BCUT2D eigenvalue weighted by molar-refractivity contribution is 5.55. The molecule has 0 aromatic heterocycles. The lowest BCUT2D eigenvalue weighted by molar-refractivity contribution is 0.171. The molecule has 3 heteroatoms. The molecule has 1 aliphatic rings. The van der Waals surface area contributed by atoms with Gasteiger partial charge in [-0.3, -0.25) is 0 Å². The van der Waals surface area contributed by atoms with Crippen molar-refractivity contribution in [1.29, 1.82) is 0 Å². The van der Waals surface area contributed by atoms with Gasteiger partial charge in [-0.25, -0.2) is 0 Å². The minimum Gasteiger partial charge on any atom is -0.504 e. The fourth-order valence-electron chi connectivity index (χ4n) is 1.12. The smallest absolute Gasteiger partial charge is 0.231 e. The van der Waals surface area contributed by atoms with Crippen LogP contribution in [0.5, 0.6) is 17.2 Å². The highest BCUT2D eigenvalue weighted by Gasteiger charge is 2.19. The number of fused-ring (bicyclic) bond motifs is 1. The Bertz CT molecular complexity index is 265. The van der Waals surface area contributed by atoms with Crippen LogP contribution in [0, 0.1) is 6.92 Å². The van der Waals surface area contributed by atoms with Gasteiger partial charge in [0.05, 0.1) is 0 Å². The molecule has 11 heavy (non-hydrogen) atoms. The van der Waals surface area contributed by atoms with E-state index < -0.39 is 0 Å². The predicted octanol–water partition coefficient (Wildman–Crippen LogP) is 1.43. The summed E-state index contributed by atoms with van der Waals surface area (Å²) in [7, 11) is 0. The highest BCUT2D eigenvalue weighted by atomic mass is 16.7. The van der Waals surface area contributed by atoms with Crippen LogP contribution in [-0.4, -0.2) is 11.9 Å². The number of ether oxygens (including phenoxy) is 2. The van der Waals surface area contributed by atoms with E-state index in [1.54, 1.807) is 12.1 Å². The van der Waals surface area contributed by atoms with E-state index in [9.17, 15) is 5.11 Å². The van der Waals surface area contributed by atoms with Crippen molar-refractivity contribution in [2.24, 2.45) is 0 Å². The summed E-state index contributed by atoms with van der Waals surface area (Å²) in [5, 5.41) is 9.25. The van der Waals surface area contributed by atoms with Crippen LogP contribution < -0.4 is 9.47 Å². The van der Waals surface area contributed by atoms with Crippen molar-refractivity contribution in [3.63, 3.8) is 0 Å². The number of aromatic hydroxyl groups is 1. The second kappa shape index (κ2) is 2.05. The predicted molar refractivity (Wildman–Crippen MR) is 39.0 cm³/mol. The lowest BCUT2D eigenvalue weighted by atomic mass is 10.2. The van der Waals surface area contributed by atoms with Crippen LogP contribution in [0.4, 0.5) is 0 Å². The van der Waals surface area contributed by atoms with E-state index in [0.717, 1.165) is 5.56 Å². The summed E-state index contributed by atoms with van der Waals surface area (Å²) < 4.78 is 10.2. The summed E-state index contributed by atoms with van der Waals surface area (Å²) >= 11 is 0. The van der Waals surface area contributed by atoms with Crippen molar-refractivity contribution in [2.75, 3.05) is 6.79 Å². The van der Waals surface area contributed by atoms with Crippen LogP contribution in [0.1, 0.15) is 5.56 Å². The lowest BCUT2D eigenvalue weighted by Crippen LogP contribution is -1.93. The number of benzene rings is 1. The highest BCUT2D eigenvalue weighted by Crippen LogP contribution is 2.42. The molecule has 1 heterocycles. The van der Waals surface area contributed by atoms with Crippen LogP contribution in [-0.2, 0) is 0 Å². The number of aryl methyl sites for hydroxylation is 1. The van der Waals surface area contributed by atoms with Crippen molar-refractivity contribution in [3.05, 3.63) is 17.7 Å². The molecule has 0 amide bonds. The number of hydrogen-bond donors (Lipinski definition) is 1. The molecule has 0 bridgehead atoms. The Hall–Kier alpha value is -1.38. The van der Waals surface area contributed by atoms with Gasteiger partial charge in [0, 0.05) is 0 Å². The first kappa shape index (κ1) is 6.34. The molecule has 1 aromatic carbocycles. The van der Waals surface area contributed by atoms with E-state index in [1.165, 1.54) is 0 Å². The summed E-state index contributed by atoms with van der Waals surface area (Å²) in [5.74, 6) is 1.26. The fourth-order valence-corrected chi connectivity index (χ4v) is 1.12. The zero-order chi connectivity index (χ0) is 7.84. The van der Waals surface area contributed by atoms with Crippen LogP contribution >= 0.6 is 0 Å². The normalized spacial score (nSPS) is 13.5. The minimum atomic E-state index is 0.142. The third-order valence-corrected chi connectivity index (χ3v) is 1.69. The van der Waals surface area contributed by atoms with E-state index in [4.69, 9.17) is 9.47 Å². The average molecular weight is 152 g/mol. The quantitative estimate of drug-likeness (QED) is 0.611. The largest absolute Gasteiger partial charge is 0.504 e. The van der Waals surface area contributed by atoms with Gasteiger partial charge >= 0.3 is 0 Å².